The molecule has 2 aliphatic heterocycles. The maximum absolute atomic E-state index is 10.8. The zero-order valence-corrected chi connectivity index (χ0v) is 21.9. The van der Waals surface area contributed by atoms with Crippen molar-refractivity contribution in [2.75, 3.05) is 73.3 Å². The van der Waals surface area contributed by atoms with Crippen LogP contribution in [-0.4, -0.2) is 105 Å². The molecule has 0 radical (unpaired) electrons. The van der Waals surface area contributed by atoms with E-state index in [1.54, 1.807) is 7.11 Å². The second-order valence-electron chi connectivity index (χ2n) is 9.61. The fourth-order valence-corrected chi connectivity index (χ4v) is 4.95. The zero-order valence-electron chi connectivity index (χ0n) is 21.9. The summed E-state index contributed by atoms with van der Waals surface area (Å²) in [5, 5.41) is 10.8. The van der Waals surface area contributed by atoms with Crippen LogP contribution in [0, 0.1) is 0 Å². The lowest BCUT2D eigenvalue weighted by molar-refractivity contribution is 0.0321. The van der Waals surface area contributed by atoms with E-state index in [1.165, 1.54) is 5.56 Å². The number of hydrogen-bond acceptors (Lipinski definition) is 8. The van der Waals surface area contributed by atoms with Gasteiger partial charge in [-0.15, -0.1) is 0 Å². The first-order valence-corrected chi connectivity index (χ1v) is 13.0. The van der Waals surface area contributed by atoms with Gasteiger partial charge in [-0.05, 0) is 49.4 Å². The predicted octanol–water partition coefficient (Wildman–Crippen LogP) is 2.48. The Kier molecular flexibility index (Phi) is 9.83. The number of benzene rings is 2. The number of rotatable bonds is 12. The topological polar surface area (TPSA) is 66.9 Å². The van der Waals surface area contributed by atoms with E-state index in [4.69, 9.17) is 18.9 Å². The summed E-state index contributed by atoms with van der Waals surface area (Å²) >= 11 is 0. The van der Waals surface area contributed by atoms with Crippen molar-refractivity contribution in [1.82, 2.24) is 14.7 Å². The summed E-state index contributed by atoms with van der Waals surface area (Å²) in [4.78, 5) is 6.91. The van der Waals surface area contributed by atoms with Crippen molar-refractivity contribution in [3.05, 3.63) is 53.6 Å². The van der Waals surface area contributed by atoms with Crippen molar-refractivity contribution in [2.24, 2.45) is 0 Å². The van der Waals surface area contributed by atoms with Crippen LogP contribution < -0.4 is 14.2 Å². The minimum Gasteiger partial charge on any atom is -0.497 e. The van der Waals surface area contributed by atoms with Gasteiger partial charge < -0.3 is 24.1 Å². The molecule has 2 saturated heterocycles. The highest BCUT2D eigenvalue weighted by Crippen LogP contribution is 2.30. The minimum absolute atomic E-state index is 0.0845. The highest BCUT2D eigenvalue weighted by molar-refractivity contribution is 5.43. The molecule has 36 heavy (non-hydrogen) atoms. The minimum atomic E-state index is -0.387. The fourth-order valence-electron chi connectivity index (χ4n) is 4.95. The van der Waals surface area contributed by atoms with Gasteiger partial charge >= 0.3 is 0 Å². The van der Waals surface area contributed by atoms with Crippen LogP contribution in [0.15, 0.2) is 42.5 Å². The van der Waals surface area contributed by atoms with Crippen molar-refractivity contribution >= 4 is 0 Å². The SMILES string of the molecule is CCOc1cc(CN2C[C@H](O)[C@@H](N(C)Cc3ccc(OC)cc3)C2)ccc1OCCN1CCOCC1. The summed E-state index contributed by atoms with van der Waals surface area (Å²) in [5.74, 6) is 2.42. The molecule has 2 fully saturated rings. The monoisotopic (exact) mass is 499 g/mol. The van der Waals surface area contributed by atoms with Crippen LogP contribution in [-0.2, 0) is 17.8 Å². The molecule has 8 nitrogen and oxygen atoms in total. The van der Waals surface area contributed by atoms with E-state index in [1.807, 2.05) is 25.1 Å². The van der Waals surface area contributed by atoms with Crippen molar-refractivity contribution < 1.29 is 24.1 Å². The Morgan fingerprint density at radius 3 is 2.44 bits per heavy atom. The maximum Gasteiger partial charge on any atom is 0.161 e. The van der Waals surface area contributed by atoms with Gasteiger partial charge in [0.15, 0.2) is 11.5 Å². The van der Waals surface area contributed by atoms with E-state index in [0.717, 1.165) is 75.3 Å². The first-order valence-electron chi connectivity index (χ1n) is 13.0. The third-order valence-electron chi connectivity index (χ3n) is 6.97. The number of morpholine rings is 1. The van der Waals surface area contributed by atoms with E-state index in [2.05, 4.69) is 46.0 Å². The summed E-state index contributed by atoms with van der Waals surface area (Å²) in [5.41, 5.74) is 2.36. The van der Waals surface area contributed by atoms with E-state index in [0.29, 0.717) is 19.8 Å². The van der Waals surface area contributed by atoms with Crippen LogP contribution in [0.1, 0.15) is 18.1 Å². The molecule has 1 N–H and O–H groups in total. The van der Waals surface area contributed by atoms with E-state index < -0.39 is 0 Å². The van der Waals surface area contributed by atoms with Gasteiger partial charge in [0, 0.05) is 51.9 Å². The summed E-state index contributed by atoms with van der Waals surface area (Å²) in [6, 6.07) is 14.4. The molecule has 0 aromatic heterocycles. The first kappa shape index (κ1) is 26.7. The summed E-state index contributed by atoms with van der Waals surface area (Å²) < 4.78 is 22.7. The van der Waals surface area contributed by atoms with E-state index in [9.17, 15) is 5.11 Å². The Morgan fingerprint density at radius 2 is 1.72 bits per heavy atom. The Hall–Kier alpha value is -2.36. The average molecular weight is 500 g/mol. The molecule has 4 rings (SSSR count). The second kappa shape index (κ2) is 13.3. The van der Waals surface area contributed by atoms with Crippen LogP contribution in [0.2, 0.25) is 0 Å². The van der Waals surface area contributed by atoms with Crippen LogP contribution in [0.4, 0.5) is 0 Å². The van der Waals surface area contributed by atoms with Gasteiger partial charge in [0.1, 0.15) is 12.4 Å². The van der Waals surface area contributed by atoms with Crippen LogP contribution in [0.25, 0.3) is 0 Å². The third-order valence-corrected chi connectivity index (χ3v) is 6.97. The van der Waals surface area contributed by atoms with E-state index in [-0.39, 0.29) is 12.1 Å². The molecule has 2 atom stereocenters. The third kappa shape index (κ3) is 7.33. The molecule has 0 aliphatic carbocycles. The number of β-amino-alcohol motifs (C(OH)–C–C–N with tert-alkyl or cyclic N) is 1. The normalized spacial score (nSPS) is 21.1. The van der Waals surface area contributed by atoms with Gasteiger partial charge in [0.05, 0.1) is 33.0 Å². The first-order chi connectivity index (χ1) is 17.6. The van der Waals surface area contributed by atoms with Gasteiger partial charge in [-0.1, -0.05) is 18.2 Å². The van der Waals surface area contributed by atoms with Gasteiger partial charge in [0.25, 0.3) is 0 Å². The fraction of sp³-hybridized carbons (Fsp3) is 0.571. The standard InChI is InChI=1S/C28H41N3O5/c1-4-35-28-17-23(7-10-27(28)36-16-13-30-11-14-34-15-12-30)19-31-20-25(26(32)21-31)29(2)18-22-5-8-24(33-3)9-6-22/h5-10,17,25-26,32H,4,11-16,18-21H2,1-3H3/t25-,26-/m0/s1. The van der Waals surface area contributed by atoms with Crippen LogP contribution >= 0.6 is 0 Å². The van der Waals surface area contributed by atoms with Gasteiger partial charge in [-0.3, -0.25) is 14.7 Å². The van der Waals surface area contributed by atoms with Gasteiger partial charge in [0.2, 0.25) is 0 Å². The van der Waals surface area contributed by atoms with Gasteiger partial charge in [-0.25, -0.2) is 0 Å². The lowest BCUT2D eigenvalue weighted by Crippen LogP contribution is -2.40. The molecule has 0 saturated carbocycles. The predicted molar refractivity (Wildman–Crippen MR) is 140 cm³/mol. The summed E-state index contributed by atoms with van der Waals surface area (Å²) in [7, 11) is 3.76. The largest absolute Gasteiger partial charge is 0.497 e. The molecule has 2 heterocycles. The molecule has 2 aromatic rings. The molecule has 198 valence electrons. The van der Waals surface area contributed by atoms with Crippen molar-refractivity contribution in [3.63, 3.8) is 0 Å². The molecular formula is C28H41N3O5. The van der Waals surface area contributed by atoms with Crippen molar-refractivity contribution in [1.29, 1.82) is 0 Å². The van der Waals surface area contributed by atoms with Crippen LogP contribution in [0.3, 0.4) is 0 Å². The van der Waals surface area contributed by atoms with E-state index >= 15 is 0 Å². The highest BCUT2D eigenvalue weighted by Gasteiger charge is 2.34. The lowest BCUT2D eigenvalue weighted by Gasteiger charge is -2.27. The number of aliphatic hydroxyl groups excluding tert-OH is 1. The highest BCUT2D eigenvalue weighted by atomic mass is 16.5. The molecule has 0 bridgehead atoms. The Balaban J connectivity index is 1.30. The molecule has 0 spiro atoms. The maximum atomic E-state index is 10.8. The summed E-state index contributed by atoms with van der Waals surface area (Å²) in [6.45, 7) is 10.6. The number of methoxy groups -OCH3 is 1. The molecule has 2 aliphatic rings. The Morgan fingerprint density at radius 1 is 0.972 bits per heavy atom. The number of ether oxygens (including phenoxy) is 4. The van der Waals surface area contributed by atoms with Crippen molar-refractivity contribution in [2.45, 2.75) is 32.2 Å². The second-order valence-corrected chi connectivity index (χ2v) is 9.61. The lowest BCUT2D eigenvalue weighted by atomic mass is 10.1. The zero-order chi connectivity index (χ0) is 25.3. The quantitative estimate of drug-likeness (QED) is 0.478. The number of likely N-dealkylation sites (tertiary alicyclic amines) is 1. The molecule has 0 unspecified atom stereocenters. The molecule has 8 heteroatoms. The van der Waals surface area contributed by atoms with Gasteiger partial charge in [-0.2, -0.15) is 0 Å². The Bertz CT molecular complexity index is 935. The molecule has 2 aromatic carbocycles. The summed E-state index contributed by atoms with van der Waals surface area (Å²) in [6.07, 6.45) is -0.387. The average Bonchev–Trinajstić information content (AvgIpc) is 3.26. The van der Waals surface area contributed by atoms with Crippen LogP contribution in [0.5, 0.6) is 17.2 Å². The Labute approximate surface area is 215 Å². The molecular weight excluding hydrogens is 458 g/mol. The number of nitrogens with zero attached hydrogens (tertiary/aromatic N) is 3. The molecule has 0 amide bonds. The number of likely N-dealkylation sites (N-methyl/N-ethyl adjacent to an activating group) is 1. The van der Waals surface area contributed by atoms with Crippen molar-refractivity contribution in [3.8, 4) is 17.2 Å². The number of aliphatic hydroxyl groups is 1. The number of hydrogen-bond donors (Lipinski definition) is 1. The smallest absolute Gasteiger partial charge is 0.161 e.